The third-order valence-corrected chi connectivity index (χ3v) is 7.53. The molecular formula is C18H16N3NaO5S3. The third kappa shape index (κ3) is 4.71. The molecule has 2 amide bonds. The molecule has 8 nitrogen and oxygen atoms in total. The zero-order valence-corrected chi connectivity index (χ0v) is 20.4. The molecule has 0 bridgehead atoms. The van der Waals surface area contributed by atoms with Gasteiger partial charge < -0.3 is 25.7 Å². The van der Waals surface area contributed by atoms with Crippen LogP contribution in [0.5, 0.6) is 5.06 Å². The second-order valence-electron chi connectivity index (χ2n) is 6.44. The summed E-state index contributed by atoms with van der Waals surface area (Å²) in [6.45, 7) is 0.0160. The van der Waals surface area contributed by atoms with Gasteiger partial charge in [-0.3, -0.25) is 14.5 Å². The quantitative estimate of drug-likeness (QED) is 0.334. The Hall–Kier alpha value is -1.50. The van der Waals surface area contributed by atoms with E-state index in [1.54, 1.807) is 11.4 Å². The van der Waals surface area contributed by atoms with Crippen LogP contribution in [0, 0.1) is 0 Å². The van der Waals surface area contributed by atoms with Crippen LogP contribution in [0.4, 0.5) is 5.69 Å². The van der Waals surface area contributed by atoms with Gasteiger partial charge in [-0.25, -0.2) is 0 Å². The molecule has 4 rings (SSSR count). The van der Waals surface area contributed by atoms with Gasteiger partial charge in [0.2, 0.25) is 5.91 Å². The second kappa shape index (κ2) is 9.75. The van der Waals surface area contributed by atoms with Crippen molar-refractivity contribution in [2.75, 3.05) is 18.1 Å². The number of carbonyl (C=O) groups is 3. The van der Waals surface area contributed by atoms with Crippen LogP contribution in [0.1, 0.15) is 4.88 Å². The van der Waals surface area contributed by atoms with Crippen LogP contribution in [-0.4, -0.2) is 46.5 Å². The fourth-order valence-electron chi connectivity index (χ4n) is 3.14. The van der Waals surface area contributed by atoms with E-state index in [9.17, 15) is 19.5 Å². The molecule has 152 valence electrons. The molecule has 2 aromatic heterocycles. The van der Waals surface area contributed by atoms with Crippen molar-refractivity contribution in [1.82, 2.24) is 10.2 Å². The normalized spacial score (nSPS) is 20.1. The standard InChI is InChI=1S/C18H17N3O5S3.Na/c19-10-4-13(28-8-10)26-6-9-7-29-17-14(16(23)21(17)15(9)18(24)25)20-12(22)5-11-2-1-3-27-11;/h1-4,8,14,17H,5-7,19H2,(H,20,22)(H,24,25);/q;+1/p-1/t14?,17-;/m1./s1. The van der Waals surface area contributed by atoms with Crippen molar-refractivity contribution in [3.05, 3.63) is 45.1 Å². The van der Waals surface area contributed by atoms with E-state index in [1.807, 2.05) is 17.5 Å². The Morgan fingerprint density at radius 1 is 1.37 bits per heavy atom. The Kier molecular flexibility index (Phi) is 7.53. The number of amides is 2. The first-order valence-corrected chi connectivity index (χ1v) is 11.4. The number of carbonyl (C=O) groups excluding carboxylic acids is 3. The summed E-state index contributed by atoms with van der Waals surface area (Å²) in [6.07, 6.45) is 0.186. The fraction of sp³-hybridized carbons (Fsp3) is 0.278. The molecule has 2 aliphatic rings. The smallest absolute Gasteiger partial charge is 0.543 e. The number of carboxylic acid groups (broad SMARTS) is 1. The van der Waals surface area contributed by atoms with Crippen molar-refractivity contribution < 1.29 is 53.8 Å². The van der Waals surface area contributed by atoms with E-state index in [0.717, 1.165) is 4.88 Å². The molecular weight excluding hydrogens is 457 g/mol. The Bertz CT molecular complexity index is 991. The summed E-state index contributed by atoms with van der Waals surface area (Å²) in [6, 6.07) is 4.60. The molecule has 30 heavy (non-hydrogen) atoms. The molecule has 1 unspecified atom stereocenters. The van der Waals surface area contributed by atoms with Crippen LogP contribution in [0.15, 0.2) is 40.2 Å². The van der Waals surface area contributed by atoms with Gasteiger partial charge in [0.25, 0.3) is 5.91 Å². The number of nitrogens with two attached hydrogens (primary N) is 1. The molecule has 2 atom stereocenters. The van der Waals surface area contributed by atoms with E-state index in [2.05, 4.69) is 5.32 Å². The maximum Gasteiger partial charge on any atom is 1.00 e. The number of anilines is 1. The minimum Gasteiger partial charge on any atom is -0.543 e. The number of thiophene rings is 2. The second-order valence-corrected chi connectivity index (χ2v) is 9.45. The summed E-state index contributed by atoms with van der Waals surface area (Å²) in [4.78, 5) is 38.6. The van der Waals surface area contributed by atoms with Crippen molar-refractivity contribution in [1.29, 1.82) is 0 Å². The van der Waals surface area contributed by atoms with Gasteiger partial charge in [-0.05, 0) is 11.4 Å². The van der Waals surface area contributed by atoms with Crippen LogP contribution in [0.25, 0.3) is 0 Å². The monoisotopic (exact) mass is 473 g/mol. The van der Waals surface area contributed by atoms with E-state index < -0.39 is 23.3 Å². The van der Waals surface area contributed by atoms with Crippen LogP contribution >= 0.6 is 34.4 Å². The molecule has 4 heterocycles. The Labute approximate surface area is 206 Å². The number of β-lactam (4-membered cyclic amide) rings is 1. The van der Waals surface area contributed by atoms with Gasteiger partial charge in [-0.2, -0.15) is 0 Å². The minimum atomic E-state index is -1.43. The number of hydrogen-bond acceptors (Lipinski definition) is 9. The minimum absolute atomic E-state index is 0. The third-order valence-electron chi connectivity index (χ3n) is 4.46. The number of rotatable bonds is 7. The zero-order valence-electron chi connectivity index (χ0n) is 16.0. The van der Waals surface area contributed by atoms with Crippen molar-refractivity contribution in [2.45, 2.75) is 17.8 Å². The first kappa shape index (κ1) is 23.2. The molecule has 2 aliphatic heterocycles. The van der Waals surface area contributed by atoms with Crippen molar-refractivity contribution in [3.63, 3.8) is 0 Å². The maximum atomic E-state index is 12.6. The van der Waals surface area contributed by atoms with Crippen molar-refractivity contribution in [3.8, 4) is 5.06 Å². The van der Waals surface area contributed by atoms with Crippen molar-refractivity contribution >= 4 is 57.9 Å². The SMILES string of the molecule is Nc1csc(OCC2=C(C(=O)[O-])N3C(=O)C(NC(=O)Cc4cccs4)[C@H]3SC2)c1.[Na+]. The summed E-state index contributed by atoms with van der Waals surface area (Å²) < 4.78 is 5.61. The summed E-state index contributed by atoms with van der Waals surface area (Å²) in [7, 11) is 0. The van der Waals surface area contributed by atoms with Gasteiger partial charge in [-0.15, -0.1) is 34.4 Å². The molecule has 0 saturated carbocycles. The van der Waals surface area contributed by atoms with Gasteiger partial charge in [-0.1, -0.05) is 6.07 Å². The van der Waals surface area contributed by atoms with E-state index >= 15 is 0 Å². The van der Waals surface area contributed by atoms with E-state index in [-0.39, 0.29) is 54.2 Å². The average molecular weight is 474 g/mol. The van der Waals surface area contributed by atoms with Crippen LogP contribution < -0.4 is 50.5 Å². The molecule has 12 heteroatoms. The topological polar surface area (TPSA) is 125 Å². The molecule has 0 aliphatic carbocycles. The van der Waals surface area contributed by atoms with Gasteiger partial charge in [0, 0.05) is 33.3 Å². The number of carboxylic acids is 1. The van der Waals surface area contributed by atoms with Crippen LogP contribution in [-0.2, 0) is 20.8 Å². The molecule has 2 aromatic rings. The molecule has 1 saturated heterocycles. The largest absolute Gasteiger partial charge is 1.00 e. The maximum absolute atomic E-state index is 12.6. The zero-order chi connectivity index (χ0) is 20.5. The number of nitrogens with zero attached hydrogens (tertiary/aromatic N) is 1. The molecule has 0 aromatic carbocycles. The Morgan fingerprint density at radius 2 is 2.17 bits per heavy atom. The van der Waals surface area contributed by atoms with Gasteiger partial charge >= 0.3 is 29.6 Å². The Balaban J connectivity index is 0.00000256. The van der Waals surface area contributed by atoms with E-state index in [0.29, 0.717) is 22.1 Å². The predicted molar refractivity (Wildman–Crippen MR) is 109 cm³/mol. The molecule has 1 fully saturated rings. The number of ether oxygens (including phenoxy) is 1. The fourth-order valence-corrected chi connectivity index (χ4v) is 5.82. The van der Waals surface area contributed by atoms with Crippen molar-refractivity contribution in [2.24, 2.45) is 0 Å². The molecule has 3 N–H and O–H groups in total. The van der Waals surface area contributed by atoms with Crippen LogP contribution in [0.2, 0.25) is 0 Å². The first-order chi connectivity index (χ1) is 13.9. The summed E-state index contributed by atoms with van der Waals surface area (Å²) in [5.41, 5.74) is 6.50. The number of thioether (sulfide) groups is 1. The predicted octanol–water partition coefficient (Wildman–Crippen LogP) is -2.58. The van der Waals surface area contributed by atoms with Gasteiger partial charge in [0.15, 0.2) is 5.06 Å². The molecule has 0 spiro atoms. The Morgan fingerprint density at radius 3 is 2.80 bits per heavy atom. The summed E-state index contributed by atoms with van der Waals surface area (Å²) >= 11 is 4.15. The first-order valence-electron chi connectivity index (χ1n) is 8.60. The number of hydrogen-bond donors (Lipinski definition) is 2. The van der Waals surface area contributed by atoms with E-state index in [1.165, 1.54) is 39.3 Å². The van der Waals surface area contributed by atoms with Gasteiger partial charge in [0.05, 0.1) is 18.1 Å². The summed E-state index contributed by atoms with van der Waals surface area (Å²) in [5.74, 6) is -1.81. The van der Waals surface area contributed by atoms with Gasteiger partial charge in [0.1, 0.15) is 18.0 Å². The average Bonchev–Trinajstić information content (AvgIpc) is 3.35. The summed E-state index contributed by atoms with van der Waals surface area (Å²) in [5, 5.41) is 18.1. The number of nitrogens with one attached hydrogen (secondary N) is 1. The van der Waals surface area contributed by atoms with Crippen LogP contribution in [0.3, 0.4) is 0 Å². The number of nitrogen functional groups attached to an aromatic ring is 1. The number of fused-ring (bicyclic) bond motifs is 1. The number of aliphatic carboxylic acids is 1. The van der Waals surface area contributed by atoms with E-state index in [4.69, 9.17) is 10.5 Å². The molecule has 0 radical (unpaired) electrons.